The number of hydrogen-bond donors (Lipinski definition) is 0. The van der Waals surface area contributed by atoms with Crippen molar-refractivity contribution < 1.29 is 13.2 Å². The lowest BCUT2D eigenvalue weighted by Gasteiger charge is -2.44. The third kappa shape index (κ3) is 8.92. The van der Waals surface area contributed by atoms with Crippen molar-refractivity contribution in [3.05, 3.63) is 314 Å². The number of rotatable bonds is 9. The second kappa shape index (κ2) is 20.7. The first-order valence-corrected chi connectivity index (χ1v) is 29.5. The van der Waals surface area contributed by atoms with Gasteiger partial charge in [-0.05, 0) is 175 Å². The number of alkyl halides is 3. The molecule has 0 spiro atoms. The first-order chi connectivity index (χ1) is 42.7. The third-order valence-corrected chi connectivity index (χ3v) is 17.6. The van der Waals surface area contributed by atoms with Crippen LogP contribution in [-0.4, -0.2) is 11.3 Å². The smallest absolute Gasteiger partial charge is 0.311 e. The maximum atomic E-state index is 14.4. The lowest BCUT2D eigenvalue weighted by Crippen LogP contribution is -2.61. The monoisotopic (exact) mass is 1120 g/mol. The maximum absolute atomic E-state index is 14.4. The molecule has 2 aliphatic rings. The molecule has 16 rings (SSSR count). The van der Waals surface area contributed by atoms with E-state index >= 15 is 0 Å². The Hall–Kier alpha value is -10.9. The van der Waals surface area contributed by atoms with Gasteiger partial charge in [-0.3, -0.25) is 0 Å². The lowest BCUT2D eigenvalue weighted by molar-refractivity contribution is -0.137. The van der Waals surface area contributed by atoms with E-state index in [0.717, 1.165) is 117 Å². The van der Waals surface area contributed by atoms with Crippen molar-refractivity contribution >= 4 is 79.0 Å². The number of para-hydroxylation sites is 2. The first kappa shape index (κ1) is 51.7. The fourth-order valence-electron chi connectivity index (χ4n) is 13.6. The van der Waals surface area contributed by atoms with Crippen molar-refractivity contribution in [2.45, 2.75) is 13.1 Å². The largest absolute Gasteiger partial charge is 0.416 e. The van der Waals surface area contributed by atoms with Crippen molar-refractivity contribution in [1.82, 2.24) is 4.57 Å². The molecule has 0 bridgehead atoms. The third-order valence-electron chi connectivity index (χ3n) is 17.6. The zero-order valence-electron chi connectivity index (χ0n) is 47.4. The quantitative estimate of drug-likeness (QED) is 0.133. The van der Waals surface area contributed by atoms with Gasteiger partial charge in [0.05, 0.1) is 22.3 Å². The van der Waals surface area contributed by atoms with Crippen LogP contribution in [0.15, 0.2) is 303 Å². The lowest BCUT2D eigenvalue weighted by atomic mass is 9.33. The van der Waals surface area contributed by atoms with Crippen LogP contribution >= 0.6 is 0 Å². The zero-order valence-corrected chi connectivity index (χ0v) is 47.4. The van der Waals surface area contributed by atoms with Gasteiger partial charge in [-0.15, -0.1) is 0 Å². The predicted octanol–water partition coefficient (Wildman–Crippen LogP) is 20.2. The molecule has 0 atom stereocenters. The van der Waals surface area contributed by atoms with Crippen molar-refractivity contribution in [2.24, 2.45) is 0 Å². The molecule has 0 radical (unpaired) electrons. The van der Waals surface area contributed by atoms with Gasteiger partial charge in [0.2, 0.25) is 0 Å². The van der Waals surface area contributed by atoms with Gasteiger partial charge in [-0.2, -0.15) is 13.2 Å². The second-order valence-electron chi connectivity index (χ2n) is 22.8. The molecule has 0 fully saturated rings. The van der Waals surface area contributed by atoms with Crippen LogP contribution in [0.2, 0.25) is 0 Å². The standard InChI is InChI=1S/C80H53BF3N3/c1-52-44-63(46-64(45-52)80(82,83)84)67-26-14-16-28-72(67)87-73-29-17-15-27-68(73)69-47-59(34-41-74(69)87)62-50-77-79-78(51-62)86(66-39-32-58(33-40-66)54-20-8-3-9-21-54)76-43-36-61(56-24-12-5-13-25-56)49-71(76)81(79)70-48-60(55-22-10-4-11-23-55)35-42-75(70)85(77)65-37-30-57(31-38-65)53-18-6-2-7-19-53/h2-51H,1H3. The molecule has 0 saturated carbocycles. The molecule has 1 aromatic heterocycles. The van der Waals surface area contributed by atoms with Crippen LogP contribution in [0.25, 0.3) is 94.3 Å². The molecule has 2 aliphatic heterocycles. The Kier molecular flexibility index (Phi) is 12.3. The zero-order chi connectivity index (χ0) is 58.3. The topological polar surface area (TPSA) is 11.4 Å². The molecule has 3 heterocycles. The van der Waals surface area contributed by atoms with E-state index in [1.54, 1.807) is 6.92 Å². The number of anilines is 6. The van der Waals surface area contributed by atoms with Crippen LogP contribution in [-0.2, 0) is 6.18 Å². The average molecular weight is 1120 g/mol. The molecule has 0 unspecified atom stereocenters. The summed E-state index contributed by atoms with van der Waals surface area (Å²) in [6.07, 6.45) is -4.49. The molecule has 412 valence electrons. The van der Waals surface area contributed by atoms with E-state index in [0.29, 0.717) is 16.7 Å². The Morgan fingerprint density at radius 1 is 0.299 bits per heavy atom. The number of nitrogens with zero attached hydrogens (tertiary/aromatic N) is 3. The molecular weight excluding hydrogens is 1070 g/mol. The minimum absolute atomic E-state index is 0.179. The molecule has 7 heteroatoms. The summed E-state index contributed by atoms with van der Waals surface area (Å²) >= 11 is 0. The summed E-state index contributed by atoms with van der Waals surface area (Å²) in [7, 11) is 0. The van der Waals surface area contributed by atoms with E-state index in [1.165, 1.54) is 28.5 Å². The minimum Gasteiger partial charge on any atom is -0.311 e. The number of fused-ring (bicyclic) bond motifs is 7. The highest BCUT2D eigenvalue weighted by Crippen LogP contribution is 2.49. The fourth-order valence-corrected chi connectivity index (χ4v) is 13.6. The summed E-state index contributed by atoms with van der Waals surface area (Å²) in [5, 5.41) is 2.07. The summed E-state index contributed by atoms with van der Waals surface area (Å²) in [5.74, 6) is 0. The van der Waals surface area contributed by atoms with Crippen LogP contribution < -0.4 is 26.2 Å². The van der Waals surface area contributed by atoms with E-state index in [1.807, 2.05) is 36.4 Å². The second-order valence-corrected chi connectivity index (χ2v) is 22.8. The number of benzene rings is 13. The Labute approximate surface area is 503 Å². The Bertz CT molecular complexity index is 4770. The van der Waals surface area contributed by atoms with Crippen molar-refractivity contribution in [3.8, 4) is 72.4 Å². The Morgan fingerprint density at radius 2 is 0.724 bits per heavy atom. The Morgan fingerprint density at radius 3 is 1.25 bits per heavy atom. The maximum Gasteiger partial charge on any atom is 0.416 e. The molecular formula is C80H53BF3N3. The summed E-state index contributed by atoms with van der Waals surface area (Å²) in [5.41, 5.74) is 25.1. The summed E-state index contributed by atoms with van der Waals surface area (Å²) in [6.45, 7) is 1.54. The highest BCUT2D eigenvalue weighted by molar-refractivity contribution is 7.00. The molecule has 0 N–H and O–H groups in total. The SMILES string of the molecule is Cc1cc(-c2ccccc2-n2c3ccccc3c3cc(-c4cc5c6c(c4)N(c4ccc(-c7ccccc7)cc4)c4ccc(-c7ccccc7)cc4B6c4cc(-c6ccccc6)ccc4N5c4ccc(-c5ccccc5)cc4)ccc32)cc(C(F)(F)F)c1. The van der Waals surface area contributed by atoms with Gasteiger partial charge in [-0.1, -0.05) is 218 Å². The molecule has 0 amide bonds. The van der Waals surface area contributed by atoms with Crippen LogP contribution in [0.4, 0.5) is 47.3 Å². The normalized spacial score (nSPS) is 12.5. The highest BCUT2D eigenvalue weighted by Gasteiger charge is 2.44. The van der Waals surface area contributed by atoms with Crippen LogP contribution in [0.1, 0.15) is 11.1 Å². The van der Waals surface area contributed by atoms with Crippen LogP contribution in [0.5, 0.6) is 0 Å². The predicted molar refractivity (Wildman–Crippen MR) is 357 cm³/mol. The first-order valence-electron chi connectivity index (χ1n) is 29.5. The van der Waals surface area contributed by atoms with Crippen LogP contribution in [0.3, 0.4) is 0 Å². The number of aromatic nitrogens is 1. The Balaban J connectivity index is 0.959. The van der Waals surface area contributed by atoms with Gasteiger partial charge < -0.3 is 14.4 Å². The van der Waals surface area contributed by atoms with E-state index in [2.05, 4.69) is 269 Å². The number of hydrogen-bond acceptors (Lipinski definition) is 2. The van der Waals surface area contributed by atoms with Gasteiger partial charge in [0.25, 0.3) is 6.71 Å². The summed E-state index contributed by atoms with van der Waals surface area (Å²) < 4.78 is 45.5. The van der Waals surface area contributed by atoms with E-state index in [-0.39, 0.29) is 6.71 Å². The average Bonchev–Trinajstić information content (AvgIpc) is 1.06. The van der Waals surface area contributed by atoms with Crippen molar-refractivity contribution in [3.63, 3.8) is 0 Å². The number of aryl methyl sites for hydroxylation is 1. The molecule has 87 heavy (non-hydrogen) atoms. The molecule has 0 saturated heterocycles. The van der Waals surface area contributed by atoms with Gasteiger partial charge in [0, 0.05) is 50.5 Å². The van der Waals surface area contributed by atoms with Crippen LogP contribution in [0, 0.1) is 6.92 Å². The van der Waals surface area contributed by atoms with Crippen molar-refractivity contribution in [1.29, 1.82) is 0 Å². The molecule has 13 aromatic carbocycles. The van der Waals surface area contributed by atoms with Gasteiger partial charge in [-0.25, -0.2) is 0 Å². The minimum atomic E-state index is -4.49. The van der Waals surface area contributed by atoms with Gasteiger partial charge in [0.1, 0.15) is 0 Å². The van der Waals surface area contributed by atoms with Gasteiger partial charge in [0.15, 0.2) is 0 Å². The fraction of sp³-hybridized carbons (Fsp3) is 0.0250. The number of halogens is 3. The van der Waals surface area contributed by atoms with Crippen molar-refractivity contribution in [2.75, 3.05) is 9.80 Å². The van der Waals surface area contributed by atoms with E-state index in [4.69, 9.17) is 0 Å². The molecule has 0 aliphatic carbocycles. The molecule has 14 aromatic rings. The highest BCUT2D eigenvalue weighted by atomic mass is 19.4. The van der Waals surface area contributed by atoms with Gasteiger partial charge >= 0.3 is 6.18 Å². The molecule has 3 nitrogen and oxygen atoms in total. The summed E-state index contributed by atoms with van der Waals surface area (Å²) in [6, 6.07) is 107. The van der Waals surface area contributed by atoms with E-state index < -0.39 is 11.7 Å². The summed E-state index contributed by atoms with van der Waals surface area (Å²) in [4.78, 5) is 4.97. The van der Waals surface area contributed by atoms with E-state index in [9.17, 15) is 13.2 Å².